The van der Waals surface area contributed by atoms with Gasteiger partial charge in [-0.15, -0.1) is 0 Å². The van der Waals surface area contributed by atoms with Gasteiger partial charge in [0.1, 0.15) is 12.4 Å². The smallest absolute Gasteiger partial charge is 0.290 e. The fraction of sp³-hybridized carbons (Fsp3) is 0.267. The molecule has 0 spiro atoms. The highest BCUT2D eigenvalue weighted by atomic mass is 32.2. The Morgan fingerprint density at radius 2 is 1.60 bits per heavy atom. The number of allylic oxidation sites excluding steroid dienone is 4. The lowest BCUT2D eigenvalue weighted by Crippen LogP contribution is -2.38. The van der Waals surface area contributed by atoms with Crippen LogP contribution in [0.5, 0.6) is 5.75 Å². The van der Waals surface area contributed by atoms with Gasteiger partial charge in [0.15, 0.2) is 0 Å². The van der Waals surface area contributed by atoms with Crippen LogP contribution in [0.15, 0.2) is 101 Å². The summed E-state index contributed by atoms with van der Waals surface area (Å²) in [7, 11) is -4.35. The van der Waals surface area contributed by atoms with E-state index in [0.29, 0.717) is 6.61 Å². The van der Waals surface area contributed by atoms with Crippen molar-refractivity contribution in [1.29, 1.82) is 0 Å². The Kier molecular flexibility index (Phi) is 7.29. The molecule has 182 valence electrons. The molecular weight excluding hydrogens is 456 g/mol. The molecule has 2 atom stereocenters. The SMILES string of the molecule is CCC(c1ccccc1)C1(c2cc(C)ccc2OCc2ccccc2)CC(S(=O)(=O)O)=CC=C1C. The van der Waals surface area contributed by atoms with Crippen molar-refractivity contribution < 1.29 is 17.7 Å². The Balaban J connectivity index is 1.92. The minimum absolute atomic E-state index is 0.0213. The van der Waals surface area contributed by atoms with Crippen molar-refractivity contribution in [3.05, 3.63) is 124 Å². The van der Waals surface area contributed by atoms with Crippen molar-refractivity contribution in [3.8, 4) is 5.75 Å². The number of ether oxygens (including phenoxy) is 1. The van der Waals surface area contributed by atoms with Crippen molar-refractivity contribution in [2.75, 3.05) is 0 Å². The van der Waals surface area contributed by atoms with Gasteiger partial charge in [0, 0.05) is 11.0 Å². The van der Waals surface area contributed by atoms with Crippen LogP contribution in [0.25, 0.3) is 0 Å². The van der Waals surface area contributed by atoms with E-state index in [2.05, 4.69) is 25.1 Å². The molecule has 0 aromatic heterocycles. The van der Waals surface area contributed by atoms with E-state index in [1.807, 2.05) is 80.6 Å². The third-order valence-corrected chi connectivity index (χ3v) is 8.01. The zero-order chi connectivity index (χ0) is 25.1. The highest BCUT2D eigenvalue weighted by Crippen LogP contribution is 2.55. The van der Waals surface area contributed by atoms with Gasteiger partial charge in [-0.05, 0) is 55.9 Å². The molecule has 0 bridgehead atoms. The number of rotatable bonds is 8. The van der Waals surface area contributed by atoms with E-state index in [1.165, 1.54) is 6.08 Å². The Morgan fingerprint density at radius 3 is 2.23 bits per heavy atom. The van der Waals surface area contributed by atoms with Gasteiger partial charge in [-0.1, -0.05) is 96.9 Å². The van der Waals surface area contributed by atoms with E-state index in [4.69, 9.17) is 4.74 Å². The maximum absolute atomic E-state index is 12.3. The van der Waals surface area contributed by atoms with Crippen LogP contribution < -0.4 is 4.74 Å². The first-order valence-electron chi connectivity index (χ1n) is 11.9. The molecule has 1 N–H and O–H groups in total. The van der Waals surface area contributed by atoms with Crippen LogP contribution in [0, 0.1) is 6.92 Å². The van der Waals surface area contributed by atoms with Crippen molar-refractivity contribution in [2.24, 2.45) is 0 Å². The molecule has 3 aromatic carbocycles. The van der Waals surface area contributed by atoms with E-state index < -0.39 is 15.5 Å². The van der Waals surface area contributed by atoms with E-state index in [0.717, 1.165) is 40.0 Å². The highest BCUT2D eigenvalue weighted by Gasteiger charge is 2.47. The Labute approximate surface area is 208 Å². The van der Waals surface area contributed by atoms with E-state index in [-0.39, 0.29) is 17.2 Å². The molecule has 0 radical (unpaired) electrons. The molecule has 0 saturated carbocycles. The first-order valence-corrected chi connectivity index (χ1v) is 13.4. The Morgan fingerprint density at radius 1 is 0.943 bits per heavy atom. The average Bonchev–Trinajstić information content (AvgIpc) is 2.85. The molecule has 5 heteroatoms. The number of benzene rings is 3. The van der Waals surface area contributed by atoms with Gasteiger partial charge in [-0.3, -0.25) is 4.55 Å². The average molecular weight is 489 g/mol. The van der Waals surface area contributed by atoms with Crippen LogP contribution in [0.3, 0.4) is 0 Å². The summed E-state index contributed by atoms with van der Waals surface area (Å²) in [6.45, 7) is 6.60. The molecule has 4 nitrogen and oxygen atoms in total. The highest BCUT2D eigenvalue weighted by molar-refractivity contribution is 7.89. The van der Waals surface area contributed by atoms with Crippen LogP contribution in [0.4, 0.5) is 0 Å². The lowest BCUT2D eigenvalue weighted by atomic mass is 9.59. The summed E-state index contributed by atoms with van der Waals surface area (Å²) < 4.78 is 41.1. The molecule has 2 unspecified atom stereocenters. The number of hydrogen-bond acceptors (Lipinski definition) is 3. The standard InChI is InChI=1S/C30H32O4S/c1-4-27(25-13-9-6-10-14-25)30(20-26(35(31,32)33)17-16-23(30)3)28-19-22(2)15-18-29(28)34-21-24-11-7-5-8-12-24/h5-19,27H,4,20-21H2,1-3H3,(H,31,32,33). The van der Waals surface area contributed by atoms with Gasteiger partial charge in [0.2, 0.25) is 0 Å². The molecular formula is C30H32O4S. The second-order valence-corrected chi connectivity index (χ2v) is 10.7. The van der Waals surface area contributed by atoms with Crippen molar-refractivity contribution in [3.63, 3.8) is 0 Å². The van der Waals surface area contributed by atoms with Crippen LogP contribution >= 0.6 is 0 Å². The summed E-state index contributed by atoms with van der Waals surface area (Å²) in [4.78, 5) is 0.0213. The Hall–Kier alpha value is -3.15. The summed E-state index contributed by atoms with van der Waals surface area (Å²) in [5.41, 5.74) is 4.49. The van der Waals surface area contributed by atoms with Gasteiger partial charge in [-0.25, -0.2) is 0 Å². The van der Waals surface area contributed by atoms with E-state index in [1.54, 1.807) is 0 Å². The van der Waals surface area contributed by atoms with Crippen LogP contribution in [-0.4, -0.2) is 13.0 Å². The lowest BCUT2D eigenvalue weighted by Gasteiger charge is -2.45. The Bertz CT molecular complexity index is 1340. The normalized spacial score (nSPS) is 19.0. The van der Waals surface area contributed by atoms with Crippen LogP contribution in [0.1, 0.15) is 54.9 Å². The summed E-state index contributed by atoms with van der Waals surface area (Å²) in [5, 5.41) is 0. The predicted molar refractivity (Wildman–Crippen MR) is 141 cm³/mol. The van der Waals surface area contributed by atoms with Gasteiger partial charge in [0.05, 0.1) is 4.91 Å². The second-order valence-electron chi connectivity index (χ2n) is 9.25. The molecule has 4 rings (SSSR count). The zero-order valence-corrected chi connectivity index (χ0v) is 21.3. The quantitative estimate of drug-likeness (QED) is 0.343. The maximum Gasteiger partial charge on any atom is 0.290 e. The van der Waals surface area contributed by atoms with Gasteiger partial charge >= 0.3 is 0 Å². The molecule has 1 aliphatic carbocycles. The molecule has 3 aromatic rings. The maximum atomic E-state index is 12.3. The van der Waals surface area contributed by atoms with Crippen molar-refractivity contribution in [1.82, 2.24) is 0 Å². The van der Waals surface area contributed by atoms with E-state index >= 15 is 0 Å². The second kappa shape index (κ2) is 10.2. The molecule has 0 saturated heterocycles. The molecule has 0 fully saturated rings. The predicted octanol–water partition coefficient (Wildman–Crippen LogP) is 7.13. The summed E-state index contributed by atoms with van der Waals surface area (Å²) in [6.07, 6.45) is 4.30. The lowest BCUT2D eigenvalue weighted by molar-refractivity contribution is 0.287. The largest absolute Gasteiger partial charge is 0.489 e. The monoisotopic (exact) mass is 488 g/mol. The fourth-order valence-corrected chi connectivity index (χ4v) is 5.97. The first-order chi connectivity index (χ1) is 16.8. The summed E-state index contributed by atoms with van der Waals surface area (Å²) >= 11 is 0. The van der Waals surface area contributed by atoms with Crippen molar-refractivity contribution >= 4 is 10.1 Å². The molecule has 0 heterocycles. The third-order valence-electron chi connectivity index (χ3n) is 7.07. The first kappa shape index (κ1) is 25.0. The molecule has 0 aliphatic heterocycles. The minimum Gasteiger partial charge on any atom is -0.489 e. The van der Waals surface area contributed by atoms with Crippen molar-refractivity contribution in [2.45, 2.75) is 51.6 Å². The van der Waals surface area contributed by atoms with Crippen LogP contribution in [0.2, 0.25) is 0 Å². The summed E-state index contributed by atoms with van der Waals surface area (Å²) in [5.74, 6) is 0.685. The third kappa shape index (κ3) is 5.12. The molecule has 35 heavy (non-hydrogen) atoms. The molecule has 0 amide bonds. The van der Waals surface area contributed by atoms with Gasteiger partial charge in [0.25, 0.3) is 10.1 Å². The van der Waals surface area contributed by atoms with Crippen LogP contribution in [-0.2, 0) is 22.1 Å². The zero-order valence-electron chi connectivity index (χ0n) is 20.4. The minimum atomic E-state index is -4.35. The fourth-order valence-electron chi connectivity index (χ4n) is 5.32. The summed E-state index contributed by atoms with van der Waals surface area (Å²) in [6, 6.07) is 26.3. The molecule has 1 aliphatic rings. The number of hydrogen-bond donors (Lipinski definition) is 1. The van der Waals surface area contributed by atoms with Gasteiger partial charge in [-0.2, -0.15) is 8.42 Å². The number of aryl methyl sites for hydroxylation is 1. The topological polar surface area (TPSA) is 63.6 Å². The van der Waals surface area contributed by atoms with E-state index in [9.17, 15) is 13.0 Å². The van der Waals surface area contributed by atoms with Gasteiger partial charge < -0.3 is 4.74 Å².